The average Bonchev–Trinajstić information content (AvgIpc) is 2.50. The molecule has 0 aliphatic rings. The fraction of sp³-hybridized carbons (Fsp3) is 0.176. The van der Waals surface area contributed by atoms with Crippen LogP contribution in [0.15, 0.2) is 46.9 Å². The van der Waals surface area contributed by atoms with Gasteiger partial charge in [0.25, 0.3) is 5.91 Å². The molecule has 0 heterocycles. The molecule has 126 valence electrons. The predicted octanol–water partition coefficient (Wildman–Crippen LogP) is 3.46. The molecule has 7 heteroatoms. The Morgan fingerprint density at radius 3 is 2.50 bits per heavy atom. The van der Waals surface area contributed by atoms with Gasteiger partial charge in [0.05, 0.1) is 0 Å². The molecule has 1 amide bonds. The summed E-state index contributed by atoms with van der Waals surface area (Å²) in [6.45, 7) is 3.90. The van der Waals surface area contributed by atoms with Gasteiger partial charge in [0, 0.05) is 10.2 Å². The van der Waals surface area contributed by atoms with Crippen molar-refractivity contribution in [2.75, 3.05) is 11.9 Å². The zero-order chi connectivity index (χ0) is 17.5. The van der Waals surface area contributed by atoms with E-state index in [1.54, 1.807) is 12.1 Å². The topological polar surface area (TPSA) is 62.4 Å². The minimum absolute atomic E-state index is 0.115. The summed E-state index contributed by atoms with van der Waals surface area (Å²) >= 11 is 8.49. The number of hydrogen-bond donors (Lipinski definition) is 3. The maximum atomic E-state index is 11.8. The van der Waals surface area contributed by atoms with Gasteiger partial charge in [0.15, 0.2) is 11.7 Å². The Morgan fingerprint density at radius 2 is 1.83 bits per heavy atom. The van der Waals surface area contributed by atoms with Gasteiger partial charge in [0.1, 0.15) is 5.75 Å². The molecule has 0 radical (unpaired) electrons. The minimum atomic E-state index is -0.334. The Balaban J connectivity index is 1.75. The lowest BCUT2D eigenvalue weighted by molar-refractivity contribution is -0.123. The summed E-state index contributed by atoms with van der Waals surface area (Å²) < 4.78 is 6.27. The van der Waals surface area contributed by atoms with Crippen molar-refractivity contribution in [2.45, 2.75) is 13.8 Å². The Bertz CT molecular complexity index is 732. The zero-order valence-corrected chi connectivity index (χ0v) is 15.8. The summed E-state index contributed by atoms with van der Waals surface area (Å²) in [7, 11) is 0. The number of carbonyl (C=O) groups excluding carboxylic acids is 1. The van der Waals surface area contributed by atoms with Crippen LogP contribution in [-0.2, 0) is 4.79 Å². The number of aryl methyl sites for hydroxylation is 2. The lowest BCUT2D eigenvalue weighted by Crippen LogP contribution is -2.45. The fourth-order valence-electron chi connectivity index (χ4n) is 2.08. The fourth-order valence-corrected chi connectivity index (χ4v) is 2.62. The van der Waals surface area contributed by atoms with Gasteiger partial charge >= 0.3 is 0 Å². The monoisotopic (exact) mass is 407 g/mol. The number of carbonyl (C=O) groups is 1. The van der Waals surface area contributed by atoms with Crippen molar-refractivity contribution in [2.24, 2.45) is 0 Å². The van der Waals surface area contributed by atoms with Crippen molar-refractivity contribution in [3.05, 3.63) is 58.1 Å². The molecule has 0 saturated heterocycles. The zero-order valence-electron chi connectivity index (χ0n) is 13.4. The summed E-state index contributed by atoms with van der Waals surface area (Å²) in [6, 6.07) is 13.3. The van der Waals surface area contributed by atoms with Crippen LogP contribution in [0.5, 0.6) is 5.75 Å². The Hall–Kier alpha value is -2.12. The smallest absolute Gasteiger partial charge is 0.276 e. The van der Waals surface area contributed by atoms with Crippen molar-refractivity contribution in [1.29, 1.82) is 0 Å². The number of amides is 1. The van der Waals surface area contributed by atoms with E-state index in [2.05, 4.69) is 38.2 Å². The third kappa shape index (κ3) is 6.17. The van der Waals surface area contributed by atoms with E-state index in [9.17, 15) is 4.79 Å². The Morgan fingerprint density at radius 1 is 1.12 bits per heavy atom. The first-order valence-corrected chi connectivity index (χ1v) is 8.45. The van der Waals surface area contributed by atoms with Crippen LogP contribution in [0.2, 0.25) is 0 Å². The van der Waals surface area contributed by atoms with Crippen molar-refractivity contribution < 1.29 is 9.53 Å². The third-order valence-electron chi connectivity index (χ3n) is 2.96. The number of hydrogen-bond acceptors (Lipinski definition) is 3. The molecule has 0 atom stereocenters. The summed E-state index contributed by atoms with van der Waals surface area (Å²) in [5.74, 6) is 0.273. The first kappa shape index (κ1) is 18.2. The number of thiocarbonyl (C=S) groups is 1. The maximum Gasteiger partial charge on any atom is 0.276 e. The summed E-state index contributed by atoms with van der Waals surface area (Å²) in [5.41, 5.74) is 8.26. The molecule has 24 heavy (non-hydrogen) atoms. The van der Waals surface area contributed by atoms with Gasteiger partial charge in [-0.2, -0.15) is 0 Å². The highest BCUT2D eigenvalue weighted by atomic mass is 79.9. The van der Waals surface area contributed by atoms with Crippen molar-refractivity contribution in [3.63, 3.8) is 0 Å². The van der Waals surface area contributed by atoms with Gasteiger partial charge in [0.2, 0.25) is 0 Å². The Labute approximate surface area is 154 Å². The summed E-state index contributed by atoms with van der Waals surface area (Å²) in [6.07, 6.45) is 0. The molecule has 0 bridgehead atoms. The lowest BCUT2D eigenvalue weighted by atomic mass is 10.1. The number of anilines is 1. The van der Waals surface area contributed by atoms with Crippen LogP contribution in [0.1, 0.15) is 11.1 Å². The normalized spacial score (nSPS) is 9.96. The molecule has 0 unspecified atom stereocenters. The largest absolute Gasteiger partial charge is 0.484 e. The molecule has 0 aliphatic carbocycles. The van der Waals surface area contributed by atoms with E-state index in [1.807, 2.05) is 38.1 Å². The highest BCUT2D eigenvalue weighted by molar-refractivity contribution is 9.10. The molecule has 0 spiro atoms. The molecule has 2 aromatic rings. The number of halogens is 1. The van der Waals surface area contributed by atoms with Gasteiger partial charge in [-0.25, -0.2) is 0 Å². The minimum Gasteiger partial charge on any atom is -0.484 e. The van der Waals surface area contributed by atoms with E-state index in [0.29, 0.717) is 10.9 Å². The Kier molecular flexibility index (Phi) is 6.57. The van der Waals surface area contributed by atoms with Crippen LogP contribution in [0.25, 0.3) is 0 Å². The average molecular weight is 408 g/mol. The van der Waals surface area contributed by atoms with E-state index < -0.39 is 0 Å². The molecular weight excluding hydrogens is 390 g/mol. The van der Waals surface area contributed by atoms with Crippen LogP contribution in [0.4, 0.5) is 5.69 Å². The first-order chi connectivity index (χ1) is 11.4. The van der Waals surface area contributed by atoms with Gasteiger partial charge in [-0.05, 0) is 67.5 Å². The molecule has 0 aliphatic heterocycles. The van der Waals surface area contributed by atoms with Crippen molar-refractivity contribution >= 4 is 44.9 Å². The molecule has 0 fully saturated rings. The quantitative estimate of drug-likeness (QED) is 0.534. The van der Waals surface area contributed by atoms with Crippen molar-refractivity contribution in [1.82, 2.24) is 10.9 Å². The summed E-state index contributed by atoms with van der Waals surface area (Å²) in [5, 5.41) is 3.32. The van der Waals surface area contributed by atoms with Crippen molar-refractivity contribution in [3.8, 4) is 5.75 Å². The molecule has 0 saturated carbocycles. The molecule has 5 nitrogen and oxygen atoms in total. The molecule has 2 rings (SSSR count). The second-order valence-electron chi connectivity index (χ2n) is 5.25. The second kappa shape index (κ2) is 8.65. The van der Waals surface area contributed by atoms with Gasteiger partial charge in [-0.1, -0.05) is 28.1 Å². The van der Waals surface area contributed by atoms with Gasteiger partial charge in [-0.3, -0.25) is 15.6 Å². The lowest BCUT2D eigenvalue weighted by Gasteiger charge is -2.13. The number of benzene rings is 2. The first-order valence-electron chi connectivity index (χ1n) is 7.25. The van der Waals surface area contributed by atoms with E-state index in [4.69, 9.17) is 17.0 Å². The van der Waals surface area contributed by atoms with Crippen LogP contribution in [0, 0.1) is 13.8 Å². The second-order valence-corrected chi connectivity index (χ2v) is 6.57. The third-order valence-corrected chi connectivity index (χ3v) is 3.66. The van der Waals surface area contributed by atoms with Gasteiger partial charge < -0.3 is 10.1 Å². The number of hydrazine groups is 1. The van der Waals surface area contributed by atoms with Crippen LogP contribution >= 0.6 is 28.1 Å². The number of nitrogens with one attached hydrogen (secondary N) is 3. The highest BCUT2D eigenvalue weighted by Gasteiger charge is 2.04. The molecule has 2 aromatic carbocycles. The number of ether oxygens (including phenoxy) is 1. The van der Waals surface area contributed by atoms with Gasteiger partial charge in [-0.15, -0.1) is 0 Å². The summed E-state index contributed by atoms with van der Waals surface area (Å²) in [4.78, 5) is 11.8. The maximum absolute atomic E-state index is 11.8. The van der Waals surface area contributed by atoms with E-state index >= 15 is 0 Å². The van der Waals surface area contributed by atoms with Crippen LogP contribution in [0.3, 0.4) is 0 Å². The molecular formula is C17H18BrN3O2S. The van der Waals surface area contributed by atoms with E-state index in [-0.39, 0.29) is 12.5 Å². The highest BCUT2D eigenvalue weighted by Crippen LogP contribution is 2.17. The van der Waals surface area contributed by atoms with E-state index in [1.165, 1.54) is 0 Å². The SMILES string of the molecule is Cc1cc(C)cc(NC(=S)NNC(=O)COc2cccc(Br)c2)c1. The van der Waals surface area contributed by atoms with Crippen LogP contribution in [-0.4, -0.2) is 17.6 Å². The predicted molar refractivity (Wildman–Crippen MR) is 103 cm³/mol. The molecule has 0 aromatic heterocycles. The van der Waals surface area contributed by atoms with Crippen LogP contribution < -0.4 is 20.9 Å². The molecule has 3 N–H and O–H groups in total. The number of rotatable bonds is 4. The standard InChI is InChI=1S/C17H18BrN3O2S/c1-11-6-12(2)8-14(7-11)19-17(24)21-20-16(22)10-23-15-5-3-4-13(18)9-15/h3-9H,10H2,1-2H3,(H,20,22)(H2,19,21,24). The van der Waals surface area contributed by atoms with E-state index in [0.717, 1.165) is 21.3 Å².